The topological polar surface area (TPSA) is 78.9 Å². The molecule has 0 spiro atoms. The number of rotatable bonds is 41. The van der Waals surface area contributed by atoms with Gasteiger partial charge in [0.05, 0.1) is 0 Å². The van der Waals surface area contributed by atoms with Crippen molar-refractivity contribution in [3.05, 3.63) is 0 Å². The maximum atomic E-state index is 12.7. The fraction of sp³-hybridized carbons (Fsp3) is 0.933. The molecule has 0 atom stereocenters. The van der Waals surface area contributed by atoms with E-state index in [1.165, 1.54) is 154 Å². The number of carbonyl (C=O) groups is 3. The highest BCUT2D eigenvalue weighted by Gasteiger charge is 2.19. The van der Waals surface area contributed by atoms with Crippen LogP contribution in [0.1, 0.15) is 252 Å². The first-order chi connectivity index (χ1) is 25.0. The molecule has 0 heterocycles. The van der Waals surface area contributed by atoms with Crippen LogP contribution in [-0.4, -0.2) is 37.2 Å². The molecular formula is C45H86O6. The summed E-state index contributed by atoms with van der Waals surface area (Å²) in [6.45, 7) is 6.57. The van der Waals surface area contributed by atoms with E-state index in [1.54, 1.807) is 0 Å². The van der Waals surface area contributed by atoms with Gasteiger partial charge in [-0.2, -0.15) is 0 Å². The van der Waals surface area contributed by atoms with E-state index in [2.05, 4.69) is 20.8 Å². The highest BCUT2D eigenvalue weighted by atomic mass is 16.6. The molecule has 6 heteroatoms. The second-order valence-electron chi connectivity index (χ2n) is 15.3. The average molecular weight is 723 g/mol. The molecule has 0 N–H and O–H groups in total. The van der Waals surface area contributed by atoms with Gasteiger partial charge in [0.1, 0.15) is 13.2 Å². The Labute approximate surface area is 317 Å². The van der Waals surface area contributed by atoms with E-state index in [1.807, 2.05) is 0 Å². The summed E-state index contributed by atoms with van der Waals surface area (Å²) in [5.74, 6) is -0.867. The smallest absolute Gasteiger partial charge is 0.306 e. The lowest BCUT2D eigenvalue weighted by molar-refractivity contribution is -0.167. The Morgan fingerprint density at radius 3 is 0.784 bits per heavy atom. The largest absolute Gasteiger partial charge is 0.462 e. The highest BCUT2D eigenvalue weighted by molar-refractivity contribution is 5.71. The van der Waals surface area contributed by atoms with Crippen molar-refractivity contribution in [1.29, 1.82) is 0 Å². The molecule has 302 valence electrons. The summed E-state index contributed by atoms with van der Waals surface area (Å²) in [5.41, 5.74) is 0. The maximum absolute atomic E-state index is 12.7. The number of hydrogen-bond donors (Lipinski definition) is 0. The quantitative estimate of drug-likeness (QED) is 0.0355. The van der Waals surface area contributed by atoms with Crippen molar-refractivity contribution >= 4 is 17.9 Å². The van der Waals surface area contributed by atoms with Gasteiger partial charge in [0.25, 0.3) is 0 Å². The summed E-state index contributed by atoms with van der Waals surface area (Å²) in [5, 5.41) is 0. The lowest BCUT2D eigenvalue weighted by atomic mass is 10.0. The summed E-state index contributed by atoms with van der Waals surface area (Å²) in [6.07, 6.45) is 41.2. The van der Waals surface area contributed by atoms with Crippen LogP contribution in [0.15, 0.2) is 0 Å². The van der Waals surface area contributed by atoms with Crippen LogP contribution in [0.4, 0.5) is 0 Å². The first-order valence-corrected chi connectivity index (χ1v) is 22.5. The Hall–Kier alpha value is -1.59. The summed E-state index contributed by atoms with van der Waals surface area (Å²) in [4.78, 5) is 37.4. The number of hydrogen-bond acceptors (Lipinski definition) is 6. The number of unbranched alkanes of at least 4 members (excludes halogenated alkanes) is 30. The van der Waals surface area contributed by atoms with Crippen molar-refractivity contribution in [2.24, 2.45) is 0 Å². The van der Waals surface area contributed by atoms with Crippen molar-refractivity contribution in [3.8, 4) is 0 Å². The molecule has 0 aliphatic carbocycles. The molecule has 0 rings (SSSR count). The molecule has 0 aromatic rings. The van der Waals surface area contributed by atoms with E-state index < -0.39 is 6.10 Å². The monoisotopic (exact) mass is 723 g/mol. The molecule has 0 aromatic heterocycles. The van der Waals surface area contributed by atoms with Crippen molar-refractivity contribution in [3.63, 3.8) is 0 Å². The fourth-order valence-corrected chi connectivity index (χ4v) is 6.68. The molecule has 0 aromatic carbocycles. The van der Waals surface area contributed by atoms with Gasteiger partial charge >= 0.3 is 17.9 Å². The highest BCUT2D eigenvalue weighted by Crippen LogP contribution is 2.16. The van der Waals surface area contributed by atoms with E-state index >= 15 is 0 Å². The number of carbonyl (C=O) groups excluding carboxylic acids is 3. The third-order valence-corrected chi connectivity index (χ3v) is 10.1. The van der Waals surface area contributed by atoms with E-state index in [0.29, 0.717) is 19.3 Å². The van der Waals surface area contributed by atoms with Crippen LogP contribution in [0.2, 0.25) is 0 Å². The predicted octanol–water partition coefficient (Wildman–Crippen LogP) is 14.1. The summed E-state index contributed by atoms with van der Waals surface area (Å²) < 4.78 is 16.6. The van der Waals surface area contributed by atoms with E-state index in [0.717, 1.165) is 57.8 Å². The third kappa shape index (κ3) is 39.5. The minimum absolute atomic E-state index is 0.0645. The number of ether oxygens (including phenoxy) is 3. The molecule has 6 nitrogen and oxygen atoms in total. The molecule has 0 amide bonds. The Bertz CT molecular complexity index is 719. The zero-order valence-corrected chi connectivity index (χ0v) is 34.4. The zero-order chi connectivity index (χ0) is 37.3. The van der Waals surface area contributed by atoms with E-state index in [9.17, 15) is 14.4 Å². The van der Waals surface area contributed by atoms with Gasteiger partial charge < -0.3 is 14.2 Å². The predicted molar refractivity (Wildman–Crippen MR) is 215 cm³/mol. The first-order valence-electron chi connectivity index (χ1n) is 22.5. The van der Waals surface area contributed by atoms with E-state index in [4.69, 9.17) is 14.2 Å². The Kier molecular flexibility index (Phi) is 39.9. The summed E-state index contributed by atoms with van der Waals surface area (Å²) in [7, 11) is 0. The van der Waals surface area contributed by atoms with Crippen molar-refractivity contribution in [2.45, 2.75) is 258 Å². The Morgan fingerprint density at radius 1 is 0.314 bits per heavy atom. The van der Waals surface area contributed by atoms with Crippen LogP contribution in [0.25, 0.3) is 0 Å². The number of esters is 3. The second-order valence-corrected chi connectivity index (χ2v) is 15.3. The van der Waals surface area contributed by atoms with Gasteiger partial charge in [-0.1, -0.05) is 213 Å². The normalized spacial score (nSPS) is 11.3. The summed E-state index contributed by atoms with van der Waals surface area (Å²) in [6, 6.07) is 0. The fourth-order valence-electron chi connectivity index (χ4n) is 6.68. The zero-order valence-electron chi connectivity index (χ0n) is 34.4. The minimum Gasteiger partial charge on any atom is -0.462 e. The Balaban J connectivity index is 4.12. The van der Waals surface area contributed by atoms with Gasteiger partial charge in [0.2, 0.25) is 0 Å². The van der Waals surface area contributed by atoms with Gasteiger partial charge in [-0.25, -0.2) is 0 Å². The van der Waals surface area contributed by atoms with E-state index in [-0.39, 0.29) is 31.1 Å². The average Bonchev–Trinajstić information content (AvgIpc) is 3.12. The molecular weight excluding hydrogens is 636 g/mol. The van der Waals surface area contributed by atoms with Crippen molar-refractivity contribution in [2.75, 3.05) is 13.2 Å². The van der Waals surface area contributed by atoms with Gasteiger partial charge in [-0.3, -0.25) is 14.4 Å². The minimum atomic E-state index is -0.756. The standard InChI is InChI=1S/C45H86O6/c1-4-7-10-13-16-17-18-19-20-21-22-23-24-25-26-27-30-33-36-39-45(48)51-42(40-49-43(46)37-34-31-28-14-11-8-5-2)41-50-44(47)38-35-32-29-15-12-9-6-3/h42H,4-41H2,1-3H3. The molecule has 0 fully saturated rings. The first kappa shape index (κ1) is 49.4. The SMILES string of the molecule is CCCCCCCCCCCCCCCCCCCCCC(=O)OC(COC(=O)CCCCCCCCC)COC(=O)CCCCCCCCC. The van der Waals surface area contributed by atoms with Crippen molar-refractivity contribution < 1.29 is 28.6 Å². The van der Waals surface area contributed by atoms with Crippen LogP contribution in [0.3, 0.4) is 0 Å². The molecule has 0 radical (unpaired) electrons. The van der Waals surface area contributed by atoms with Crippen molar-refractivity contribution in [1.82, 2.24) is 0 Å². The van der Waals surface area contributed by atoms with Crippen LogP contribution < -0.4 is 0 Å². The summed E-state index contributed by atoms with van der Waals surface area (Å²) >= 11 is 0. The van der Waals surface area contributed by atoms with Crippen LogP contribution >= 0.6 is 0 Å². The molecule has 0 saturated carbocycles. The maximum Gasteiger partial charge on any atom is 0.306 e. The molecule has 0 saturated heterocycles. The van der Waals surface area contributed by atoms with Gasteiger partial charge in [-0.05, 0) is 19.3 Å². The van der Waals surface area contributed by atoms with Crippen LogP contribution in [0, 0.1) is 0 Å². The third-order valence-electron chi connectivity index (χ3n) is 10.1. The molecule has 0 bridgehead atoms. The molecule has 0 aliphatic rings. The lowest BCUT2D eigenvalue weighted by Gasteiger charge is -2.18. The molecule has 0 unspecified atom stereocenters. The lowest BCUT2D eigenvalue weighted by Crippen LogP contribution is -2.30. The second kappa shape index (κ2) is 41.2. The Morgan fingerprint density at radius 2 is 0.529 bits per heavy atom. The van der Waals surface area contributed by atoms with Gasteiger partial charge in [0, 0.05) is 19.3 Å². The van der Waals surface area contributed by atoms with Gasteiger partial charge in [-0.15, -0.1) is 0 Å². The molecule has 0 aliphatic heterocycles. The van der Waals surface area contributed by atoms with Crippen LogP contribution in [-0.2, 0) is 28.6 Å². The molecule has 51 heavy (non-hydrogen) atoms. The van der Waals surface area contributed by atoms with Gasteiger partial charge in [0.15, 0.2) is 6.10 Å². The van der Waals surface area contributed by atoms with Crippen LogP contribution in [0.5, 0.6) is 0 Å².